The Labute approximate surface area is 110 Å². The lowest BCUT2D eigenvalue weighted by molar-refractivity contribution is 0.270. The van der Waals surface area contributed by atoms with E-state index < -0.39 is 0 Å². The summed E-state index contributed by atoms with van der Waals surface area (Å²) < 4.78 is 1.75. The maximum Gasteiger partial charge on any atom is 0.158 e. The molecule has 0 aliphatic rings. The van der Waals surface area contributed by atoms with Gasteiger partial charge in [-0.3, -0.25) is 4.98 Å². The summed E-state index contributed by atoms with van der Waals surface area (Å²) in [5.74, 6) is 2.62. The molecule has 0 atom stereocenters. The molecular formula is C12H16N4OS. The van der Waals surface area contributed by atoms with E-state index in [0.29, 0.717) is 6.54 Å². The zero-order chi connectivity index (χ0) is 12.8. The highest BCUT2D eigenvalue weighted by atomic mass is 32.2. The summed E-state index contributed by atoms with van der Waals surface area (Å²) in [5.41, 5.74) is 0.973. The van der Waals surface area contributed by atoms with Crippen molar-refractivity contribution in [2.75, 3.05) is 18.6 Å². The Balaban J connectivity index is 2.29. The second kappa shape index (κ2) is 6.51. The van der Waals surface area contributed by atoms with E-state index in [0.717, 1.165) is 29.4 Å². The van der Waals surface area contributed by atoms with Crippen molar-refractivity contribution < 1.29 is 5.11 Å². The van der Waals surface area contributed by atoms with Crippen LogP contribution in [0.2, 0.25) is 0 Å². The van der Waals surface area contributed by atoms with Crippen molar-refractivity contribution in [1.82, 2.24) is 19.7 Å². The minimum absolute atomic E-state index is 0.0589. The third-order valence-corrected chi connectivity index (χ3v) is 3.11. The first-order valence-corrected chi connectivity index (χ1v) is 7.18. The molecule has 0 saturated carbocycles. The van der Waals surface area contributed by atoms with Crippen LogP contribution in [0, 0.1) is 0 Å². The molecule has 2 aromatic rings. The first kappa shape index (κ1) is 13.0. The van der Waals surface area contributed by atoms with E-state index in [2.05, 4.69) is 21.3 Å². The van der Waals surface area contributed by atoms with E-state index in [-0.39, 0.29) is 6.61 Å². The van der Waals surface area contributed by atoms with Crippen LogP contribution < -0.4 is 0 Å². The predicted molar refractivity (Wildman–Crippen MR) is 72.4 cm³/mol. The van der Waals surface area contributed by atoms with Crippen molar-refractivity contribution in [3.05, 3.63) is 30.4 Å². The van der Waals surface area contributed by atoms with E-state index in [1.807, 2.05) is 12.1 Å². The van der Waals surface area contributed by atoms with E-state index in [1.165, 1.54) is 0 Å². The molecule has 0 saturated heterocycles. The molecule has 0 amide bonds. The Morgan fingerprint density at radius 3 is 2.78 bits per heavy atom. The largest absolute Gasteiger partial charge is 0.394 e. The Hall–Kier alpha value is -1.40. The summed E-state index contributed by atoms with van der Waals surface area (Å²) >= 11 is 1.77. The molecule has 0 aliphatic heterocycles. The molecule has 2 heterocycles. The fourth-order valence-electron chi connectivity index (χ4n) is 1.65. The van der Waals surface area contributed by atoms with Gasteiger partial charge in [-0.25, -0.2) is 9.67 Å². The first-order chi connectivity index (χ1) is 8.85. The van der Waals surface area contributed by atoms with Crippen LogP contribution in [0.5, 0.6) is 0 Å². The summed E-state index contributed by atoms with van der Waals surface area (Å²) in [4.78, 5) is 8.53. The molecule has 0 bridgehead atoms. The number of aliphatic hydroxyl groups is 1. The highest BCUT2D eigenvalue weighted by molar-refractivity contribution is 7.98. The fraction of sp³-hybridized carbons (Fsp3) is 0.417. The number of aliphatic hydroxyl groups excluding tert-OH is 1. The van der Waals surface area contributed by atoms with Gasteiger partial charge < -0.3 is 5.11 Å². The fourth-order valence-corrected chi connectivity index (χ4v) is 2.04. The molecule has 0 aromatic carbocycles. The smallest absolute Gasteiger partial charge is 0.158 e. The number of rotatable bonds is 6. The van der Waals surface area contributed by atoms with E-state index in [1.54, 1.807) is 28.8 Å². The van der Waals surface area contributed by atoms with Gasteiger partial charge in [-0.15, -0.1) is 0 Å². The van der Waals surface area contributed by atoms with Crippen LogP contribution in [-0.2, 0) is 13.0 Å². The number of aryl methyl sites for hydroxylation is 1. The zero-order valence-corrected chi connectivity index (χ0v) is 11.1. The summed E-state index contributed by atoms with van der Waals surface area (Å²) in [5, 5.41) is 13.5. The first-order valence-electron chi connectivity index (χ1n) is 5.79. The maximum atomic E-state index is 9.07. The number of nitrogens with zero attached hydrogens (tertiary/aromatic N) is 4. The molecule has 0 fully saturated rings. The van der Waals surface area contributed by atoms with Crippen LogP contribution in [0.4, 0.5) is 0 Å². The lowest BCUT2D eigenvalue weighted by Gasteiger charge is -2.02. The van der Waals surface area contributed by atoms with Gasteiger partial charge in [0.2, 0.25) is 0 Å². The molecule has 0 spiro atoms. The number of aromatic nitrogens is 4. The minimum atomic E-state index is 0.0589. The average Bonchev–Trinajstić information content (AvgIpc) is 2.81. The summed E-state index contributed by atoms with van der Waals surface area (Å²) in [6.45, 7) is 0.521. The van der Waals surface area contributed by atoms with Gasteiger partial charge in [-0.2, -0.15) is 16.9 Å². The molecule has 96 valence electrons. The predicted octanol–water partition coefficient (Wildman–Crippen LogP) is 1.24. The van der Waals surface area contributed by atoms with Crippen LogP contribution in [0.25, 0.3) is 11.4 Å². The van der Waals surface area contributed by atoms with Gasteiger partial charge >= 0.3 is 0 Å². The standard InChI is InChI=1S/C12H16N4OS/c1-18-9-4-11-14-12(16(15-11)7-8-17)10-2-5-13-6-3-10/h2-3,5-6,17H,4,7-9H2,1H3. The van der Waals surface area contributed by atoms with E-state index in [9.17, 15) is 0 Å². The van der Waals surface area contributed by atoms with Crippen LogP contribution in [0.3, 0.4) is 0 Å². The Morgan fingerprint density at radius 1 is 1.33 bits per heavy atom. The Kier molecular flexibility index (Phi) is 4.72. The number of hydrogen-bond donors (Lipinski definition) is 1. The van der Waals surface area contributed by atoms with Crippen molar-refractivity contribution in [3.63, 3.8) is 0 Å². The zero-order valence-electron chi connectivity index (χ0n) is 10.3. The van der Waals surface area contributed by atoms with Crippen molar-refractivity contribution in [3.8, 4) is 11.4 Å². The van der Waals surface area contributed by atoms with E-state index in [4.69, 9.17) is 5.11 Å². The molecule has 0 aliphatic carbocycles. The Bertz CT molecular complexity index is 486. The van der Waals surface area contributed by atoms with Crippen LogP contribution in [0.1, 0.15) is 5.82 Å². The third-order valence-electron chi connectivity index (χ3n) is 2.50. The molecular weight excluding hydrogens is 248 g/mol. The van der Waals surface area contributed by atoms with Gasteiger partial charge in [-0.05, 0) is 18.4 Å². The molecule has 2 rings (SSSR count). The van der Waals surface area contributed by atoms with Crippen LogP contribution >= 0.6 is 11.8 Å². The maximum absolute atomic E-state index is 9.07. The molecule has 6 heteroatoms. The molecule has 0 unspecified atom stereocenters. The molecule has 18 heavy (non-hydrogen) atoms. The van der Waals surface area contributed by atoms with Gasteiger partial charge in [0.1, 0.15) is 0 Å². The van der Waals surface area contributed by atoms with Crippen molar-refractivity contribution in [1.29, 1.82) is 0 Å². The van der Waals surface area contributed by atoms with Gasteiger partial charge in [-0.1, -0.05) is 0 Å². The van der Waals surface area contributed by atoms with Crippen LogP contribution in [0.15, 0.2) is 24.5 Å². The minimum Gasteiger partial charge on any atom is -0.394 e. The number of thioether (sulfide) groups is 1. The van der Waals surface area contributed by atoms with E-state index >= 15 is 0 Å². The highest BCUT2D eigenvalue weighted by Crippen LogP contribution is 2.16. The third kappa shape index (κ3) is 3.08. The van der Waals surface area contributed by atoms with Crippen molar-refractivity contribution in [2.45, 2.75) is 13.0 Å². The second-order valence-electron chi connectivity index (χ2n) is 3.78. The molecule has 1 N–H and O–H groups in total. The monoisotopic (exact) mass is 264 g/mol. The molecule has 5 nitrogen and oxygen atoms in total. The van der Waals surface area contributed by atoms with Crippen LogP contribution in [-0.4, -0.2) is 43.5 Å². The van der Waals surface area contributed by atoms with Gasteiger partial charge in [0.15, 0.2) is 11.6 Å². The molecule has 0 radical (unpaired) electrons. The van der Waals surface area contributed by atoms with Gasteiger partial charge in [0, 0.05) is 30.1 Å². The summed E-state index contributed by atoms with van der Waals surface area (Å²) in [6.07, 6.45) is 6.37. The lowest BCUT2D eigenvalue weighted by atomic mass is 10.2. The van der Waals surface area contributed by atoms with Crippen molar-refractivity contribution >= 4 is 11.8 Å². The molecule has 2 aromatic heterocycles. The highest BCUT2D eigenvalue weighted by Gasteiger charge is 2.11. The SMILES string of the molecule is CSCCc1nc(-c2ccncc2)n(CCO)n1. The normalized spacial score (nSPS) is 10.8. The average molecular weight is 264 g/mol. The topological polar surface area (TPSA) is 63.8 Å². The number of pyridine rings is 1. The second-order valence-corrected chi connectivity index (χ2v) is 4.76. The van der Waals surface area contributed by atoms with Crippen molar-refractivity contribution in [2.24, 2.45) is 0 Å². The Morgan fingerprint density at radius 2 is 2.11 bits per heavy atom. The van der Waals surface area contributed by atoms with Gasteiger partial charge in [0.05, 0.1) is 13.2 Å². The quantitative estimate of drug-likeness (QED) is 0.850. The van der Waals surface area contributed by atoms with Gasteiger partial charge in [0.25, 0.3) is 0 Å². The summed E-state index contributed by atoms with van der Waals surface area (Å²) in [7, 11) is 0. The lowest BCUT2D eigenvalue weighted by Crippen LogP contribution is -2.06. The number of hydrogen-bond acceptors (Lipinski definition) is 5. The summed E-state index contributed by atoms with van der Waals surface area (Å²) in [6, 6.07) is 3.80.